The Bertz CT molecular complexity index is 267. The number of hydrogen-bond donors (Lipinski definition) is 1. The van der Waals surface area contributed by atoms with Crippen LogP contribution in [-0.4, -0.2) is 49.3 Å². The summed E-state index contributed by atoms with van der Waals surface area (Å²) in [7, 11) is 0. The van der Waals surface area contributed by atoms with E-state index in [4.69, 9.17) is 4.74 Å². The average Bonchev–Trinajstić information content (AvgIpc) is 2.82. The van der Waals surface area contributed by atoms with Crippen LogP contribution in [0.1, 0.15) is 52.9 Å². The van der Waals surface area contributed by atoms with Crippen molar-refractivity contribution in [3.8, 4) is 0 Å². The van der Waals surface area contributed by atoms with E-state index in [0.717, 1.165) is 31.7 Å². The molecule has 1 N–H and O–H groups in total. The predicted molar refractivity (Wildman–Crippen MR) is 80.5 cm³/mol. The van der Waals surface area contributed by atoms with E-state index in [1.165, 1.54) is 45.2 Å². The Labute approximate surface area is 119 Å². The third kappa shape index (κ3) is 4.17. The maximum absolute atomic E-state index is 5.61. The van der Waals surface area contributed by atoms with Crippen LogP contribution in [-0.2, 0) is 4.74 Å². The van der Waals surface area contributed by atoms with Crippen LogP contribution in [0.5, 0.6) is 0 Å². The van der Waals surface area contributed by atoms with Crippen molar-refractivity contribution in [3.05, 3.63) is 0 Å². The Hall–Kier alpha value is -0.120. The molecule has 1 aliphatic heterocycles. The van der Waals surface area contributed by atoms with Crippen molar-refractivity contribution in [2.75, 3.05) is 32.8 Å². The highest BCUT2D eigenvalue weighted by atomic mass is 16.5. The fourth-order valence-corrected chi connectivity index (χ4v) is 3.61. The first-order valence-corrected chi connectivity index (χ1v) is 8.19. The molecule has 0 radical (unpaired) electrons. The average molecular weight is 268 g/mol. The monoisotopic (exact) mass is 268 g/mol. The Morgan fingerprint density at radius 1 is 1.32 bits per heavy atom. The molecule has 2 atom stereocenters. The Morgan fingerprint density at radius 3 is 2.89 bits per heavy atom. The molecule has 112 valence electrons. The molecule has 1 heterocycles. The van der Waals surface area contributed by atoms with E-state index < -0.39 is 0 Å². The minimum Gasteiger partial charge on any atom is -0.378 e. The zero-order chi connectivity index (χ0) is 13.7. The zero-order valence-electron chi connectivity index (χ0n) is 13.1. The van der Waals surface area contributed by atoms with Gasteiger partial charge in [0.2, 0.25) is 0 Å². The van der Waals surface area contributed by atoms with Gasteiger partial charge in [0.25, 0.3) is 0 Å². The van der Waals surface area contributed by atoms with E-state index in [1.54, 1.807) is 0 Å². The van der Waals surface area contributed by atoms with Crippen LogP contribution in [0.3, 0.4) is 0 Å². The van der Waals surface area contributed by atoms with Crippen molar-refractivity contribution < 1.29 is 4.74 Å². The quantitative estimate of drug-likeness (QED) is 0.801. The lowest BCUT2D eigenvalue weighted by molar-refractivity contribution is -0.0529. The minimum atomic E-state index is 0.225. The lowest BCUT2D eigenvalue weighted by Crippen LogP contribution is -2.53. The van der Waals surface area contributed by atoms with Gasteiger partial charge >= 0.3 is 0 Å². The molecule has 2 fully saturated rings. The minimum absolute atomic E-state index is 0.225. The summed E-state index contributed by atoms with van der Waals surface area (Å²) >= 11 is 0. The normalized spacial score (nSPS) is 31.7. The molecule has 0 amide bonds. The lowest BCUT2D eigenvalue weighted by Gasteiger charge is -2.42. The highest BCUT2D eigenvalue weighted by molar-refractivity contribution is 4.88. The van der Waals surface area contributed by atoms with E-state index in [1.807, 2.05) is 0 Å². The van der Waals surface area contributed by atoms with Crippen LogP contribution >= 0.6 is 0 Å². The summed E-state index contributed by atoms with van der Waals surface area (Å²) in [5, 5.41) is 3.75. The smallest absolute Gasteiger partial charge is 0.0645 e. The van der Waals surface area contributed by atoms with Crippen molar-refractivity contribution >= 4 is 0 Å². The van der Waals surface area contributed by atoms with Crippen molar-refractivity contribution in [1.82, 2.24) is 10.2 Å². The Balaban J connectivity index is 1.77. The van der Waals surface area contributed by atoms with Crippen LogP contribution in [0.4, 0.5) is 0 Å². The number of morpholine rings is 1. The fourth-order valence-electron chi connectivity index (χ4n) is 3.61. The molecule has 3 nitrogen and oxygen atoms in total. The van der Waals surface area contributed by atoms with Crippen LogP contribution in [0.15, 0.2) is 0 Å². The van der Waals surface area contributed by atoms with Crippen molar-refractivity contribution in [1.29, 1.82) is 0 Å². The first-order chi connectivity index (χ1) is 9.13. The number of rotatable bonds is 6. The molecular weight excluding hydrogens is 236 g/mol. The van der Waals surface area contributed by atoms with Crippen LogP contribution < -0.4 is 5.32 Å². The molecule has 2 aliphatic rings. The topological polar surface area (TPSA) is 24.5 Å². The first kappa shape index (κ1) is 15.3. The third-order valence-electron chi connectivity index (χ3n) is 4.90. The summed E-state index contributed by atoms with van der Waals surface area (Å²) in [6.07, 6.45) is 6.83. The maximum atomic E-state index is 5.61. The summed E-state index contributed by atoms with van der Waals surface area (Å²) in [5.74, 6) is 0.894. The second-order valence-corrected chi connectivity index (χ2v) is 6.89. The molecule has 19 heavy (non-hydrogen) atoms. The van der Waals surface area contributed by atoms with Crippen molar-refractivity contribution in [2.45, 2.75) is 64.5 Å². The van der Waals surface area contributed by atoms with Crippen molar-refractivity contribution in [2.24, 2.45) is 5.92 Å². The summed E-state index contributed by atoms with van der Waals surface area (Å²) in [4.78, 5) is 2.63. The van der Waals surface area contributed by atoms with Crippen LogP contribution in [0.25, 0.3) is 0 Å². The molecule has 1 aliphatic carbocycles. The lowest BCUT2D eigenvalue weighted by atomic mass is 9.96. The van der Waals surface area contributed by atoms with Gasteiger partial charge in [0.05, 0.1) is 13.2 Å². The number of ether oxygens (including phenoxy) is 1. The Morgan fingerprint density at radius 2 is 2.16 bits per heavy atom. The zero-order valence-corrected chi connectivity index (χ0v) is 13.1. The number of nitrogens with zero attached hydrogens (tertiary/aromatic N) is 1. The molecule has 1 saturated heterocycles. The molecular formula is C16H32N2O. The molecule has 3 heteroatoms. The standard InChI is InChI=1S/C16H32N2O/c1-4-9-17-15-7-5-6-14(15)8-10-18-11-12-19-13-16(18,2)3/h14-15,17H,4-13H2,1-3H3. The summed E-state index contributed by atoms with van der Waals surface area (Å²) in [6.45, 7) is 12.2. The van der Waals surface area contributed by atoms with Gasteiger partial charge in [-0.2, -0.15) is 0 Å². The van der Waals surface area contributed by atoms with Crippen LogP contribution in [0, 0.1) is 5.92 Å². The second-order valence-electron chi connectivity index (χ2n) is 6.89. The van der Waals surface area contributed by atoms with Gasteiger partial charge in [-0.1, -0.05) is 13.3 Å². The van der Waals surface area contributed by atoms with Gasteiger partial charge in [0, 0.05) is 18.1 Å². The molecule has 0 bridgehead atoms. The molecule has 0 aromatic heterocycles. The predicted octanol–water partition coefficient (Wildman–Crippen LogP) is 2.66. The summed E-state index contributed by atoms with van der Waals surface area (Å²) in [6, 6.07) is 0.782. The van der Waals surface area contributed by atoms with E-state index in [0.29, 0.717) is 0 Å². The van der Waals surface area contributed by atoms with Crippen LogP contribution in [0.2, 0.25) is 0 Å². The van der Waals surface area contributed by atoms with Gasteiger partial charge in [0.15, 0.2) is 0 Å². The SMILES string of the molecule is CCCNC1CCCC1CCN1CCOCC1(C)C. The van der Waals surface area contributed by atoms with E-state index >= 15 is 0 Å². The van der Waals surface area contributed by atoms with Gasteiger partial charge in [-0.05, 0) is 58.5 Å². The largest absolute Gasteiger partial charge is 0.378 e. The maximum Gasteiger partial charge on any atom is 0.0645 e. The summed E-state index contributed by atoms with van der Waals surface area (Å²) in [5.41, 5.74) is 0.225. The number of nitrogens with one attached hydrogen (secondary N) is 1. The second kappa shape index (κ2) is 7.05. The molecule has 2 rings (SSSR count). The van der Waals surface area contributed by atoms with Gasteiger partial charge in [-0.3, -0.25) is 4.90 Å². The fraction of sp³-hybridized carbons (Fsp3) is 1.00. The van der Waals surface area contributed by atoms with Gasteiger partial charge in [-0.15, -0.1) is 0 Å². The third-order valence-corrected chi connectivity index (χ3v) is 4.90. The highest BCUT2D eigenvalue weighted by Crippen LogP contribution is 2.30. The van der Waals surface area contributed by atoms with E-state index in [2.05, 4.69) is 31.0 Å². The van der Waals surface area contributed by atoms with Gasteiger partial charge < -0.3 is 10.1 Å². The molecule has 0 aromatic rings. The molecule has 2 unspecified atom stereocenters. The highest BCUT2D eigenvalue weighted by Gasteiger charge is 2.32. The van der Waals surface area contributed by atoms with E-state index in [-0.39, 0.29) is 5.54 Å². The van der Waals surface area contributed by atoms with E-state index in [9.17, 15) is 0 Å². The first-order valence-electron chi connectivity index (χ1n) is 8.19. The number of hydrogen-bond acceptors (Lipinski definition) is 3. The van der Waals surface area contributed by atoms with Gasteiger partial charge in [-0.25, -0.2) is 0 Å². The van der Waals surface area contributed by atoms with Gasteiger partial charge in [0.1, 0.15) is 0 Å². The molecule has 0 aromatic carbocycles. The van der Waals surface area contributed by atoms with Crippen molar-refractivity contribution in [3.63, 3.8) is 0 Å². The molecule has 0 spiro atoms. The molecule has 1 saturated carbocycles. The Kier molecular flexibility index (Phi) is 5.67. The summed E-state index contributed by atoms with van der Waals surface area (Å²) < 4.78 is 5.61.